The van der Waals surface area contributed by atoms with E-state index in [9.17, 15) is 4.79 Å². The van der Waals surface area contributed by atoms with Gasteiger partial charge in [-0.2, -0.15) is 0 Å². The van der Waals surface area contributed by atoms with Crippen LogP contribution in [0.1, 0.15) is 12.5 Å². The summed E-state index contributed by atoms with van der Waals surface area (Å²) < 4.78 is 17.7. The summed E-state index contributed by atoms with van der Waals surface area (Å²) in [4.78, 5) is 11.9. The molecule has 0 fully saturated rings. The lowest BCUT2D eigenvalue weighted by atomic mass is 10.2. The Morgan fingerprint density at radius 1 is 1.18 bits per heavy atom. The molecule has 1 aliphatic heterocycles. The van der Waals surface area contributed by atoms with Gasteiger partial charge in [0.1, 0.15) is 5.25 Å². The number of rotatable bonds is 6. The van der Waals surface area contributed by atoms with Crippen molar-refractivity contribution in [2.45, 2.75) is 23.9 Å². The molecule has 144 valence electrons. The zero-order valence-electron chi connectivity index (χ0n) is 15.5. The highest BCUT2D eigenvalue weighted by molar-refractivity contribution is 8.00. The van der Waals surface area contributed by atoms with Gasteiger partial charge in [0.25, 0.3) is 0 Å². The number of hydrogen-bond acceptors (Lipinski definition) is 7. The summed E-state index contributed by atoms with van der Waals surface area (Å²) in [5, 5.41) is 8.96. The van der Waals surface area contributed by atoms with Crippen molar-refractivity contribution in [3.05, 3.63) is 54.1 Å². The lowest BCUT2D eigenvalue weighted by Crippen LogP contribution is -2.16. The number of carbonyl (C=O) groups excluding carboxylic acids is 1. The van der Waals surface area contributed by atoms with Crippen LogP contribution in [-0.4, -0.2) is 39.9 Å². The number of carbonyl (C=O) groups is 1. The van der Waals surface area contributed by atoms with Crippen LogP contribution in [0.15, 0.2) is 53.7 Å². The van der Waals surface area contributed by atoms with Crippen LogP contribution in [0.5, 0.6) is 11.5 Å². The molecule has 0 N–H and O–H groups in total. The monoisotopic (exact) mass is 397 g/mol. The summed E-state index contributed by atoms with van der Waals surface area (Å²) in [6.07, 6.45) is 0. The molecule has 0 radical (unpaired) electrons. The third-order valence-corrected chi connectivity index (χ3v) is 5.40. The largest absolute Gasteiger partial charge is 0.468 e. The molecular weight excluding hydrogens is 378 g/mol. The zero-order valence-corrected chi connectivity index (χ0v) is 16.3. The maximum Gasteiger partial charge on any atom is 0.318 e. The van der Waals surface area contributed by atoms with Gasteiger partial charge < -0.3 is 14.2 Å². The van der Waals surface area contributed by atoms with E-state index in [1.54, 1.807) is 6.92 Å². The summed E-state index contributed by atoms with van der Waals surface area (Å²) in [7, 11) is 1.38. The summed E-state index contributed by atoms with van der Waals surface area (Å²) in [6, 6.07) is 15.7. The Labute approximate surface area is 166 Å². The molecule has 7 nitrogen and oxygen atoms in total. The highest BCUT2D eigenvalue weighted by Gasteiger charge is 2.22. The maximum atomic E-state index is 11.9. The van der Waals surface area contributed by atoms with E-state index in [-0.39, 0.29) is 12.8 Å². The van der Waals surface area contributed by atoms with Gasteiger partial charge in [0, 0.05) is 5.56 Å². The first kappa shape index (κ1) is 18.4. The molecule has 2 aromatic carbocycles. The Kier molecular flexibility index (Phi) is 5.21. The van der Waals surface area contributed by atoms with E-state index in [4.69, 9.17) is 14.2 Å². The van der Waals surface area contributed by atoms with E-state index in [1.807, 2.05) is 53.1 Å². The van der Waals surface area contributed by atoms with Gasteiger partial charge in [-0.15, -0.1) is 10.2 Å². The van der Waals surface area contributed by atoms with E-state index in [0.29, 0.717) is 11.7 Å². The first-order valence-electron chi connectivity index (χ1n) is 8.77. The van der Waals surface area contributed by atoms with E-state index in [0.717, 1.165) is 28.5 Å². The predicted molar refractivity (Wildman–Crippen MR) is 104 cm³/mol. The zero-order chi connectivity index (χ0) is 19.5. The molecule has 0 saturated heterocycles. The third kappa shape index (κ3) is 3.68. The molecule has 1 aliphatic rings. The van der Waals surface area contributed by atoms with Crippen molar-refractivity contribution < 1.29 is 19.0 Å². The average molecular weight is 397 g/mol. The van der Waals surface area contributed by atoms with Crippen LogP contribution >= 0.6 is 11.8 Å². The lowest BCUT2D eigenvalue weighted by Gasteiger charge is -2.13. The molecule has 1 atom stereocenters. The number of esters is 1. The van der Waals surface area contributed by atoms with Crippen LogP contribution in [0, 0.1) is 0 Å². The van der Waals surface area contributed by atoms with E-state index < -0.39 is 5.25 Å². The summed E-state index contributed by atoms with van der Waals surface area (Å²) >= 11 is 1.32. The smallest absolute Gasteiger partial charge is 0.318 e. The quantitative estimate of drug-likeness (QED) is 0.466. The fourth-order valence-electron chi connectivity index (χ4n) is 2.91. The Hall–Kier alpha value is -3.00. The van der Waals surface area contributed by atoms with Crippen LogP contribution in [0.25, 0.3) is 11.4 Å². The number of nitrogens with zero attached hydrogens (tertiary/aromatic N) is 3. The standard InChI is InChI=1S/C20H19N3O4S/c1-13(19(24)25-2)28-20-22-21-18(15-6-4-3-5-7-15)23(20)11-14-8-9-16-17(10-14)27-12-26-16/h3-10,13H,11-12H2,1-2H3/t13-/m1/s1. The molecule has 28 heavy (non-hydrogen) atoms. The number of benzene rings is 2. The van der Waals surface area contributed by atoms with Crippen molar-refractivity contribution in [3.8, 4) is 22.9 Å². The molecule has 0 bridgehead atoms. The second-order valence-electron chi connectivity index (χ2n) is 6.23. The predicted octanol–water partition coefficient (Wildman–Crippen LogP) is 3.38. The minimum absolute atomic E-state index is 0.235. The van der Waals surface area contributed by atoms with Crippen molar-refractivity contribution in [1.82, 2.24) is 14.8 Å². The van der Waals surface area contributed by atoms with Crippen molar-refractivity contribution in [1.29, 1.82) is 0 Å². The molecule has 0 amide bonds. The fourth-order valence-corrected chi connectivity index (χ4v) is 3.79. The second-order valence-corrected chi connectivity index (χ2v) is 7.54. The van der Waals surface area contributed by atoms with Gasteiger partial charge in [-0.1, -0.05) is 48.2 Å². The van der Waals surface area contributed by atoms with Gasteiger partial charge in [-0.05, 0) is 24.6 Å². The SMILES string of the molecule is COC(=O)[C@@H](C)Sc1nnc(-c2ccccc2)n1Cc1ccc2c(c1)OCO2. The molecule has 0 saturated carbocycles. The topological polar surface area (TPSA) is 75.5 Å². The van der Waals surface area contributed by atoms with Crippen LogP contribution in [0.2, 0.25) is 0 Å². The molecule has 4 rings (SSSR count). The molecule has 0 spiro atoms. The molecule has 0 unspecified atom stereocenters. The lowest BCUT2D eigenvalue weighted by molar-refractivity contribution is -0.139. The first-order valence-corrected chi connectivity index (χ1v) is 9.65. The van der Waals surface area contributed by atoms with Gasteiger partial charge >= 0.3 is 5.97 Å². The molecule has 2 heterocycles. The number of hydrogen-bond donors (Lipinski definition) is 0. The van der Waals surface area contributed by atoms with E-state index >= 15 is 0 Å². The minimum atomic E-state index is -0.395. The molecule has 8 heteroatoms. The molecule has 1 aromatic heterocycles. The highest BCUT2D eigenvalue weighted by atomic mass is 32.2. The van der Waals surface area contributed by atoms with Gasteiger partial charge in [0.05, 0.1) is 13.7 Å². The van der Waals surface area contributed by atoms with Crippen LogP contribution in [0.4, 0.5) is 0 Å². The van der Waals surface area contributed by atoms with Crippen LogP contribution in [0.3, 0.4) is 0 Å². The summed E-state index contributed by atoms with van der Waals surface area (Å²) in [5.74, 6) is 1.90. The van der Waals surface area contributed by atoms with Crippen LogP contribution in [-0.2, 0) is 16.1 Å². The first-order chi connectivity index (χ1) is 13.7. The second kappa shape index (κ2) is 7.93. The Bertz CT molecular complexity index is 990. The number of ether oxygens (including phenoxy) is 3. The summed E-state index contributed by atoms with van der Waals surface area (Å²) in [5.41, 5.74) is 1.97. The molecular formula is C20H19N3O4S. The van der Waals surface area contributed by atoms with Gasteiger partial charge in [0.2, 0.25) is 6.79 Å². The maximum absolute atomic E-state index is 11.9. The Morgan fingerprint density at radius 3 is 2.75 bits per heavy atom. The Balaban J connectivity index is 1.70. The number of thioether (sulfide) groups is 1. The number of methoxy groups -OCH3 is 1. The fraction of sp³-hybridized carbons (Fsp3) is 0.250. The van der Waals surface area contributed by atoms with E-state index in [1.165, 1.54) is 18.9 Å². The van der Waals surface area contributed by atoms with Crippen molar-refractivity contribution in [2.24, 2.45) is 0 Å². The van der Waals surface area contributed by atoms with E-state index in [2.05, 4.69) is 10.2 Å². The Morgan fingerprint density at radius 2 is 1.96 bits per heavy atom. The van der Waals surface area contributed by atoms with Crippen molar-refractivity contribution in [3.63, 3.8) is 0 Å². The average Bonchev–Trinajstić information content (AvgIpc) is 3.35. The summed E-state index contributed by atoms with van der Waals surface area (Å²) in [6.45, 7) is 2.56. The molecule has 0 aliphatic carbocycles. The van der Waals surface area contributed by atoms with Gasteiger partial charge in [-0.25, -0.2) is 0 Å². The van der Waals surface area contributed by atoms with Crippen molar-refractivity contribution in [2.75, 3.05) is 13.9 Å². The van der Waals surface area contributed by atoms with Gasteiger partial charge in [-0.3, -0.25) is 9.36 Å². The van der Waals surface area contributed by atoms with Crippen molar-refractivity contribution >= 4 is 17.7 Å². The molecule has 3 aromatic rings. The minimum Gasteiger partial charge on any atom is -0.468 e. The normalized spacial score (nSPS) is 13.4. The third-order valence-electron chi connectivity index (χ3n) is 4.34. The number of fused-ring (bicyclic) bond motifs is 1. The highest BCUT2D eigenvalue weighted by Crippen LogP contribution is 2.34. The number of aromatic nitrogens is 3. The van der Waals surface area contributed by atoms with Crippen LogP contribution < -0.4 is 9.47 Å². The van der Waals surface area contributed by atoms with Gasteiger partial charge in [0.15, 0.2) is 22.5 Å².